The number of esters is 1. The van der Waals surface area contributed by atoms with Gasteiger partial charge in [0.25, 0.3) is 11.5 Å². The van der Waals surface area contributed by atoms with Gasteiger partial charge in [-0.05, 0) is 61.6 Å². The van der Waals surface area contributed by atoms with E-state index in [1.54, 1.807) is 59.4 Å². The smallest absolute Gasteiger partial charge is 0.338 e. The van der Waals surface area contributed by atoms with Gasteiger partial charge in [-0.3, -0.25) is 14.2 Å². The van der Waals surface area contributed by atoms with Crippen molar-refractivity contribution in [3.63, 3.8) is 0 Å². The molecule has 0 aliphatic carbocycles. The Labute approximate surface area is 257 Å². The molecule has 2 aliphatic heterocycles. The van der Waals surface area contributed by atoms with Crippen LogP contribution in [0.4, 0.5) is 0 Å². The summed E-state index contributed by atoms with van der Waals surface area (Å²) in [6, 6.07) is 12.4. The van der Waals surface area contributed by atoms with Crippen molar-refractivity contribution in [2.45, 2.75) is 24.8 Å². The number of nitrogens with zero attached hydrogens (tertiary/aromatic N) is 3. The number of hydrogen-bond acceptors (Lipinski definition) is 10. The zero-order chi connectivity index (χ0) is 30.5. The molecule has 3 aromatic rings. The molecule has 2 aromatic carbocycles. The van der Waals surface area contributed by atoms with E-state index >= 15 is 0 Å². The van der Waals surface area contributed by atoms with Crippen molar-refractivity contribution in [3.8, 4) is 11.5 Å². The number of thioether (sulfide) groups is 1. The zero-order valence-corrected chi connectivity index (χ0v) is 26.1. The fourth-order valence-electron chi connectivity index (χ4n) is 4.98. The first-order chi connectivity index (χ1) is 20.8. The first-order valence-corrected chi connectivity index (χ1v) is 15.9. The number of benzene rings is 2. The van der Waals surface area contributed by atoms with Gasteiger partial charge in [0, 0.05) is 18.0 Å². The minimum absolute atomic E-state index is 0.117. The number of carbonyl (C=O) groups excluding carboxylic acids is 2. The lowest BCUT2D eigenvalue weighted by Gasteiger charge is -2.26. The largest absolute Gasteiger partial charge is 0.493 e. The molecule has 2 aliphatic rings. The molecule has 3 heterocycles. The quantitative estimate of drug-likeness (QED) is 0.265. The van der Waals surface area contributed by atoms with Gasteiger partial charge in [-0.2, -0.15) is 0 Å². The van der Waals surface area contributed by atoms with Gasteiger partial charge < -0.3 is 23.8 Å². The predicted octanol–water partition coefficient (Wildman–Crippen LogP) is 2.77. The number of aromatic nitrogens is 1. The SMILES string of the molecule is CCOC(=O)C1=C(C)N=c2s/c(=C/c3ccc(OCC(=O)N4CCOCC4)c(OC)c3)c(=O)n2[C@@H]1c1ccc(SC)cc1. The van der Waals surface area contributed by atoms with Crippen LogP contribution < -0.4 is 24.4 Å². The van der Waals surface area contributed by atoms with Crippen LogP contribution in [0, 0.1) is 0 Å². The molecule has 1 amide bonds. The van der Waals surface area contributed by atoms with E-state index in [9.17, 15) is 14.4 Å². The van der Waals surface area contributed by atoms with Crippen LogP contribution >= 0.6 is 23.1 Å². The maximum Gasteiger partial charge on any atom is 0.338 e. The molecule has 12 heteroatoms. The monoisotopic (exact) mass is 623 g/mol. The highest BCUT2D eigenvalue weighted by Gasteiger charge is 2.33. The molecule has 10 nitrogen and oxygen atoms in total. The highest BCUT2D eigenvalue weighted by molar-refractivity contribution is 7.98. The van der Waals surface area contributed by atoms with Crippen molar-refractivity contribution >= 4 is 41.1 Å². The second kappa shape index (κ2) is 13.6. The van der Waals surface area contributed by atoms with Gasteiger partial charge >= 0.3 is 5.97 Å². The Morgan fingerprint density at radius 2 is 1.88 bits per heavy atom. The van der Waals surface area contributed by atoms with Crippen molar-refractivity contribution in [2.75, 3.05) is 52.9 Å². The summed E-state index contributed by atoms with van der Waals surface area (Å²) >= 11 is 2.86. The molecule has 0 saturated carbocycles. The standard InChI is InChI=1S/C31H33N3O7S2/c1-5-40-30(37)27-19(2)32-31-34(28(27)21-7-9-22(42-4)10-8-21)29(36)25(43-31)17-20-6-11-23(24(16-20)38-3)41-18-26(35)33-12-14-39-15-13-33/h6-11,16-17,28H,5,12-15,18H2,1-4H3/b25-17+/t28-/m1/s1. The average molecular weight is 624 g/mol. The lowest BCUT2D eigenvalue weighted by atomic mass is 9.96. The molecule has 226 valence electrons. The van der Waals surface area contributed by atoms with Crippen LogP contribution in [0.2, 0.25) is 0 Å². The third-order valence-corrected chi connectivity index (χ3v) is 8.88. The fourth-order valence-corrected chi connectivity index (χ4v) is 6.44. The van der Waals surface area contributed by atoms with Crippen molar-refractivity contribution < 1.29 is 28.5 Å². The number of fused-ring (bicyclic) bond motifs is 1. The number of ether oxygens (including phenoxy) is 4. The van der Waals surface area contributed by atoms with Crippen LogP contribution in [0.25, 0.3) is 6.08 Å². The number of morpholine rings is 1. The molecular formula is C31H33N3O7S2. The Kier molecular flexibility index (Phi) is 9.69. The van der Waals surface area contributed by atoms with Gasteiger partial charge in [0.05, 0.1) is 48.8 Å². The van der Waals surface area contributed by atoms with Gasteiger partial charge in [-0.25, -0.2) is 9.79 Å². The normalized spacial score (nSPS) is 16.9. The van der Waals surface area contributed by atoms with E-state index in [0.717, 1.165) is 10.5 Å². The predicted molar refractivity (Wildman–Crippen MR) is 165 cm³/mol. The summed E-state index contributed by atoms with van der Waals surface area (Å²) in [7, 11) is 1.52. The minimum atomic E-state index is -0.678. The molecule has 1 atom stereocenters. The molecule has 1 aromatic heterocycles. The van der Waals surface area contributed by atoms with Gasteiger partial charge in [-0.15, -0.1) is 11.8 Å². The number of amides is 1. The molecule has 0 N–H and O–H groups in total. The Morgan fingerprint density at radius 3 is 2.56 bits per heavy atom. The number of carbonyl (C=O) groups is 2. The van der Waals surface area contributed by atoms with E-state index < -0.39 is 12.0 Å². The summed E-state index contributed by atoms with van der Waals surface area (Å²) in [5.74, 6) is 0.240. The van der Waals surface area contributed by atoms with Crippen LogP contribution in [0.15, 0.2) is 68.4 Å². The Hall–Kier alpha value is -3.87. The van der Waals surface area contributed by atoms with Gasteiger partial charge in [-0.1, -0.05) is 29.5 Å². The van der Waals surface area contributed by atoms with Gasteiger partial charge in [0.15, 0.2) is 22.9 Å². The molecule has 0 unspecified atom stereocenters. The van der Waals surface area contributed by atoms with E-state index in [-0.39, 0.29) is 24.7 Å². The van der Waals surface area contributed by atoms with Crippen molar-refractivity contribution in [3.05, 3.63) is 84.5 Å². The average Bonchev–Trinajstić information content (AvgIpc) is 3.33. The highest BCUT2D eigenvalue weighted by Crippen LogP contribution is 2.32. The third-order valence-electron chi connectivity index (χ3n) is 7.15. The minimum Gasteiger partial charge on any atom is -0.493 e. The Balaban J connectivity index is 1.49. The summed E-state index contributed by atoms with van der Waals surface area (Å²) in [6.45, 7) is 5.72. The number of hydrogen-bond donors (Lipinski definition) is 0. The maximum atomic E-state index is 13.9. The van der Waals surface area contributed by atoms with E-state index in [1.165, 1.54) is 18.4 Å². The first-order valence-electron chi connectivity index (χ1n) is 13.8. The summed E-state index contributed by atoms with van der Waals surface area (Å²) < 4.78 is 24.0. The zero-order valence-electron chi connectivity index (χ0n) is 24.5. The third kappa shape index (κ3) is 6.56. The van der Waals surface area contributed by atoms with Gasteiger partial charge in [0.2, 0.25) is 0 Å². The number of allylic oxidation sites excluding steroid dienone is 1. The van der Waals surface area contributed by atoms with Crippen LogP contribution in [-0.4, -0.2) is 74.2 Å². The van der Waals surface area contributed by atoms with E-state index in [0.29, 0.717) is 64.0 Å². The van der Waals surface area contributed by atoms with E-state index in [4.69, 9.17) is 18.9 Å². The molecule has 1 fully saturated rings. The summed E-state index contributed by atoms with van der Waals surface area (Å²) in [5, 5.41) is 0. The van der Waals surface area contributed by atoms with Crippen LogP contribution in [-0.2, 0) is 19.1 Å². The van der Waals surface area contributed by atoms with Crippen molar-refractivity contribution in [1.82, 2.24) is 9.47 Å². The molecule has 0 spiro atoms. The Morgan fingerprint density at radius 1 is 1.14 bits per heavy atom. The summed E-state index contributed by atoms with van der Waals surface area (Å²) in [5.41, 5.74) is 2.08. The summed E-state index contributed by atoms with van der Waals surface area (Å²) in [6.07, 6.45) is 3.75. The Bertz CT molecular complexity index is 1720. The topological polar surface area (TPSA) is 109 Å². The lowest BCUT2D eigenvalue weighted by molar-refractivity contribution is -0.139. The number of methoxy groups -OCH3 is 1. The number of thiazole rings is 1. The van der Waals surface area contributed by atoms with Gasteiger partial charge in [0.1, 0.15) is 0 Å². The number of rotatable bonds is 9. The highest BCUT2D eigenvalue weighted by atomic mass is 32.2. The van der Waals surface area contributed by atoms with Crippen LogP contribution in [0.1, 0.15) is 31.0 Å². The second-order valence-corrected chi connectivity index (χ2v) is 11.7. The van der Waals surface area contributed by atoms with Crippen molar-refractivity contribution in [2.24, 2.45) is 4.99 Å². The summed E-state index contributed by atoms with van der Waals surface area (Å²) in [4.78, 5) is 47.4. The second-order valence-electron chi connectivity index (χ2n) is 9.77. The van der Waals surface area contributed by atoms with E-state index in [2.05, 4.69) is 4.99 Å². The molecular weight excluding hydrogens is 590 g/mol. The molecule has 0 bridgehead atoms. The lowest BCUT2D eigenvalue weighted by Crippen LogP contribution is -2.43. The van der Waals surface area contributed by atoms with Crippen LogP contribution in [0.5, 0.6) is 11.5 Å². The molecule has 0 radical (unpaired) electrons. The fraction of sp³-hybridized carbons (Fsp3) is 0.355. The van der Waals surface area contributed by atoms with Crippen molar-refractivity contribution in [1.29, 1.82) is 0 Å². The maximum absolute atomic E-state index is 13.9. The molecule has 43 heavy (non-hydrogen) atoms. The van der Waals surface area contributed by atoms with E-state index in [1.807, 2.05) is 30.5 Å². The first kappa shape index (κ1) is 30.6. The van der Waals surface area contributed by atoms with Crippen LogP contribution in [0.3, 0.4) is 0 Å². The molecule has 5 rings (SSSR count). The molecule has 1 saturated heterocycles.